The second kappa shape index (κ2) is 9.97. The van der Waals surface area contributed by atoms with Crippen LogP contribution in [0.4, 0.5) is 0 Å². The van der Waals surface area contributed by atoms with Crippen molar-refractivity contribution in [3.05, 3.63) is 23.3 Å². The lowest BCUT2D eigenvalue weighted by molar-refractivity contribution is 0.344. The number of hydrogen-bond acceptors (Lipinski definition) is 5. The predicted molar refractivity (Wildman–Crippen MR) is 122 cm³/mol. The largest absolute Gasteiger partial charge is 0.493 e. The number of rotatable bonds is 6. The van der Waals surface area contributed by atoms with Crippen LogP contribution in [0.3, 0.4) is 0 Å². The highest BCUT2D eigenvalue weighted by Crippen LogP contribution is 2.33. The highest BCUT2D eigenvalue weighted by Gasteiger charge is 2.25. The molecule has 0 saturated carbocycles. The molecule has 0 amide bonds. The standard InChI is InChI=1S/C18H30N4O4S.HI/c1-18(2,21-27(6,23)24)12-20-17(19-3)22-8-7-13-9-15(25-4)16(26-5)10-14(13)11-22;/h9-10,21H,7-8,11-12H2,1-6H3,(H,19,20);1H. The molecule has 1 heterocycles. The number of aliphatic imine (C=N–C) groups is 1. The van der Waals surface area contributed by atoms with Crippen molar-refractivity contribution in [2.45, 2.75) is 32.4 Å². The van der Waals surface area contributed by atoms with E-state index in [4.69, 9.17) is 9.47 Å². The summed E-state index contributed by atoms with van der Waals surface area (Å²) in [5.41, 5.74) is 1.77. The number of benzene rings is 1. The Hall–Kier alpha value is -1.27. The average molecular weight is 526 g/mol. The minimum absolute atomic E-state index is 0. The number of guanidine groups is 1. The van der Waals surface area contributed by atoms with Crippen LogP contribution in [0.2, 0.25) is 0 Å². The van der Waals surface area contributed by atoms with Crippen LogP contribution in [0.25, 0.3) is 0 Å². The van der Waals surface area contributed by atoms with Crippen LogP contribution in [0.15, 0.2) is 17.1 Å². The fourth-order valence-electron chi connectivity index (χ4n) is 3.23. The normalized spacial score (nSPS) is 14.8. The quantitative estimate of drug-likeness (QED) is 0.333. The van der Waals surface area contributed by atoms with Gasteiger partial charge in [-0.2, -0.15) is 0 Å². The van der Waals surface area contributed by atoms with Crippen molar-refractivity contribution in [3.63, 3.8) is 0 Å². The topological polar surface area (TPSA) is 92.3 Å². The minimum atomic E-state index is -3.28. The average Bonchev–Trinajstić information content (AvgIpc) is 2.58. The molecule has 0 fully saturated rings. The molecule has 1 aromatic rings. The Morgan fingerprint density at radius 2 is 1.79 bits per heavy atom. The van der Waals surface area contributed by atoms with E-state index in [2.05, 4.69) is 19.9 Å². The van der Waals surface area contributed by atoms with Gasteiger partial charge in [-0.1, -0.05) is 0 Å². The van der Waals surface area contributed by atoms with Crippen LogP contribution in [-0.2, 0) is 23.0 Å². The summed E-state index contributed by atoms with van der Waals surface area (Å²) in [5, 5.41) is 3.28. The molecule has 10 heteroatoms. The fraction of sp³-hybridized carbons (Fsp3) is 0.611. The summed E-state index contributed by atoms with van der Waals surface area (Å²) in [6, 6.07) is 4.03. The number of fused-ring (bicyclic) bond motifs is 1. The summed E-state index contributed by atoms with van der Waals surface area (Å²) in [5.74, 6) is 2.18. The van der Waals surface area contributed by atoms with E-state index in [0.717, 1.165) is 36.5 Å². The molecule has 0 aromatic heterocycles. The molecule has 1 aliphatic rings. The maximum absolute atomic E-state index is 11.5. The van der Waals surface area contributed by atoms with Gasteiger partial charge in [0.1, 0.15) is 0 Å². The Labute approximate surface area is 185 Å². The summed E-state index contributed by atoms with van der Waals surface area (Å²) in [7, 11) is 1.70. The Kier molecular flexibility index (Phi) is 8.82. The second-order valence-electron chi connectivity index (χ2n) is 7.31. The van der Waals surface area contributed by atoms with Crippen LogP contribution in [0.1, 0.15) is 25.0 Å². The van der Waals surface area contributed by atoms with E-state index < -0.39 is 15.6 Å². The van der Waals surface area contributed by atoms with Gasteiger partial charge < -0.3 is 19.7 Å². The van der Waals surface area contributed by atoms with Crippen molar-refractivity contribution in [2.75, 3.05) is 40.6 Å². The predicted octanol–water partition coefficient (Wildman–Crippen LogP) is 1.58. The van der Waals surface area contributed by atoms with Crippen LogP contribution >= 0.6 is 24.0 Å². The van der Waals surface area contributed by atoms with E-state index in [9.17, 15) is 8.42 Å². The number of methoxy groups -OCH3 is 2. The first kappa shape index (κ1) is 24.8. The molecule has 0 bridgehead atoms. The Morgan fingerprint density at radius 1 is 1.21 bits per heavy atom. The maximum atomic E-state index is 11.5. The minimum Gasteiger partial charge on any atom is -0.493 e. The van der Waals surface area contributed by atoms with Crippen LogP contribution in [-0.4, -0.2) is 65.4 Å². The third-order valence-corrected chi connectivity index (χ3v) is 5.30. The molecule has 0 radical (unpaired) electrons. The van der Waals surface area contributed by atoms with E-state index in [1.165, 1.54) is 5.56 Å². The fourth-order valence-corrected chi connectivity index (χ4v) is 4.31. The summed E-state index contributed by atoms with van der Waals surface area (Å²) in [6.07, 6.45) is 2.02. The summed E-state index contributed by atoms with van der Waals surface area (Å²) in [6.45, 7) is 5.58. The van der Waals surface area contributed by atoms with Crippen molar-refractivity contribution in [1.29, 1.82) is 0 Å². The zero-order chi connectivity index (χ0) is 20.2. The summed E-state index contributed by atoms with van der Waals surface area (Å²) in [4.78, 5) is 6.50. The van der Waals surface area contributed by atoms with Gasteiger partial charge in [-0.3, -0.25) is 4.99 Å². The number of hydrogen-bond donors (Lipinski definition) is 2. The first-order chi connectivity index (χ1) is 12.6. The third-order valence-electron chi connectivity index (χ3n) is 4.38. The third kappa shape index (κ3) is 6.66. The van der Waals surface area contributed by atoms with Gasteiger partial charge in [-0.05, 0) is 43.5 Å². The molecule has 160 valence electrons. The number of halogens is 1. The Bertz CT molecular complexity index is 812. The molecular weight excluding hydrogens is 495 g/mol. The molecule has 1 aliphatic heterocycles. The van der Waals surface area contributed by atoms with E-state index in [0.29, 0.717) is 18.8 Å². The molecule has 1 aromatic carbocycles. The number of nitrogens with zero attached hydrogens (tertiary/aromatic N) is 2. The first-order valence-corrected chi connectivity index (χ1v) is 10.7. The van der Waals surface area contributed by atoms with Gasteiger partial charge >= 0.3 is 0 Å². The molecular formula is C18H31IN4O4S. The van der Waals surface area contributed by atoms with Crippen LogP contribution in [0.5, 0.6) is 11.5 Å². The van der Waals surface area contributed by atoms with Crippen molar-refractivity contribution in [1.82, 2.24) is 14.9 Å². The molecule has 0 atom stereocenters. The highest BCUT2D eigenvalue weighted by molar-refractivity contribution is 14.0. The number of ether oxygens (including phenoxy) is 2. The highest BCUT2D eigenvalue weighted by atomic mass is 127. The van der Waals surface area contributed by atoms with Gasteiger partial charge in [-0.15, -0.1) is 24.0 Å². The zero-order valence-corrected chi connectivity index (χ0v) is 20.5. The van der Waals surface area contributed by atoms with Crippen LogP contribution < -0.4 is 19.5 Å². The van der Waals surface area contributed by atoms with Crippen molar-refractivity contribution in [2.24, 2.45) is 4.99 Å². The maximum Gasteiger partial charge on any atom is 0.209 e. The Balaban J connectivity index is 0.00000392. The van der Waals surface area contributed by atoms with E-state index in [-0.39, 0.29) is 24.0 Å². The molecule has 8 nitrogen and oxygen atoms in total. The molecule has 0 saturated heterocycles. The van der Waals surface area contributed by atoms with Gasteiger partial charge in [0, 0.05) is 32.2 Å². The van der Waals surface area contributed by atoms with Crippen molar-refractivity contribution >= 4 is 40.0 Å². The summed E-state index contributed by atoms with van der Waals surface area (Å²) >= 11 is 0. The van der Waals surface area contributed by atoms with Gasteiger partial charge in [0.25, 0.3) is 0 Å². The molecule has 2 N–H and O–H groups in total. The van der Waals surface area contributed by atoms with Crippen molar-refractivity contribution < 1.29 is 17.9 Å². The lowest BCUT2D eigenvalue weighted by Gasteiger charge is -2.34. The monoisotopic (exact) mass is 526 g/mol. The van der Waals surface area contributed by atoms with Gasteiger partial charge in [-0.25, -0.2) is 13.1 Å². The molecule has 0 unspecified atom stereocenters. The summed E-state index contributed by atoms with van der Waals surface area (Å²) < 4.78 is 36.4. The molecule has 28 heavy (non-hydrogen) atoms. The number of nitrogens with one attached hydrogen (secondary N) is 2. The van der Waals surface area contributed by atoms with Crippen LogP contribution in [0, 0.1) is 0 Å². The molecule has 0 spiro atoms. The van der Waals surface area contributed by atoms with E-state index in [1.807, 2.05) is 26.0 Å². The van der Waals surface area contributed by atoms with E-state index >= 15 is 0 Å². The van der Waals surface area contributed by atoms with Crippen molar-refractivity contribution in [3.8, 4) is 11.5 Å². The Morgan fingerprint density at radius 3 is 2.29 bits per heavy atom. The molecule has 0 aliphatic carbocycles. The van der Waals surface area contributed by atoms with Gasteiger partial charge in [0.05, 0.1) is 20.5 Å². The number of sulfonamides is 1. The van der Waals surface area contributed by atoms with E-state index in [1.54, 1.807) is 21.3 Å². The second-order valence-corrected chi connectivity index (χ2v) is 9.05. The lowest BCUT2D eigenvalue weighted by atomic mass is 9.99. The zero-order valence-electron chi connectivity index (χ0n) is 17.3. The SMILES string of the molecule is CN=C(NCC(C)(C)NS(C)(=O)=O)N1CCc2cc(OC)c(OC)cc2C1.I. The molecule has 2 rings (SSSR count). The lowest BCUT2D eigenvalue weighted by Crippen LogP contribution is -2.54. The smallest absolute Gasteiger partial charge is 0.209 e. The first-order valence-electron chi connectivity index (χ1n) is 8.77. The van der Waals surface area contributed by atoms with Gasteiger partial charge in [0.15, 0.2) is 17.5 Å². The van der Waals surface area contributed by atoms with Gasteiger partial charge in [0.2, 0.25) is 10.0 Å².